The van der Waals surface area contributed by atoms with Crippen LogP contribution in [0.2, 0.25) is 0 Å². The highest BCUT2D eigenvalue weighted by Gasteiger charge is 2.09. The van der Waals surface area contributed by atoms with E-state index < -0.39 is 0 Å². The molecular weight excluding hydrogens is 124 g/mol. The summed E-state index contributed by atoms with van der Waals surface area (Å²) >= 11 is 0. The first-order chi connectivity index (χ1) is 4.72. The van der Waals surface area contributed by atoms with Crippen LogP contribution in [0.1, 0.15) is 27.2 Å². The van der Waals surface area contributed by atoms with Crippen molar-refractivity contribution >= 4 is 0 Å². The van der Waals surface area contributed by atoms with E-state index in [1.807, 2.05) is 0 Å². The summed E-state index contributed by atoms with van der Waals surface area (Å²) in [5, 5.41) is 11.8. The molecule has 0 saturated carbocycles. The average molecular weight is 140 g/mol. The van der Waals surface area contributed by atoms with E-state index >= 15 is 0 Å². The maximum absolute atomic E-state index is 8.61. The van der Waals surface area contributed by atoms with Gasteiger partial charge in [-0.1, -0.05) is 20.8 Å². The normalized spacial score (nSPS) is 13.1. The summed E-state index contributed by atoms with van der Waals surface area (Å²) in [6.07, 6.45) is 1.09. The van der Waals surface area contributed by atoms with E-state index in [1.165, 1.54) is 0 Å². The molecule has 0 heterocycles. The van der Waals surface area contributed by atoms with E-state index in [2.05, 4.69) is 32.2 Å². The summed E-state index contributed by atoms with van der Waals surface area (Å²) in [5.74, 6) is 0.413. The Labute approximate surface area is 63.2 Å². The smallest absolute Gasteiger partial charge is 0.0976 e. The molecule has 0 radical (unpaired) electrons. The highest BCUT2D eigenvalue weighted by atomic mass is 14.9. The summed E-state index contributed by atoms with van der Waals surface area (Å²) in [6, 6.07) is 2.25. The third-order valence-corrected chi connectivity index (χ3v) is 1.42. The Kier molecular flexibility index (Phi) is 4.96. The molecular formula is C8H16N2. The molecule has 0 aromatic rings. The Morgan fingerprint density at radius 1 is 1.50 bits per heavy atom. The van der Waals surface area contributed by atoms with Gasteiger partial charge in [0.25, 0.3) is 0 Å². The molecule has 0 amide bonds. The van der Waals surface area contributed by atoms with Gasteiger partial charge in [0.15, 0.2) is 0 Å². The SMILES string of the molecule is CCCNC(C#N)C(C)C. The fraction of sp³-hybridized carbons (Fsp3) is 0.875. The van der Waals surface area contributed by atoms with Gasteiger partial charge in [0.2, 0.25) is 0 Å². The minimum Gasteiger partial charge on any atom is -0.302 e. The molecule has 1 unspecified atom stereocenters. The molecule has 0 aliphatic rings. The molecule has 0 spiro atoms. The van der Waals surface area contributed by atoms with Crippen molar-refractivity contribution in [1.82, 2.24) is 5.32 Å². The summed E-state index contributed by atoms with van der Waals surface area (Å²) in [6.45, 7) is 7.14. The van der Waals surface area contributed by atoms with Gasteiger partial charge in [-0.25, -0.2) is 0 Å². The molecule has 0 aliphatic heterocycles. The maximum Gasteiger partial charge on any atom is 0.0976 e. The van der Waals surface area contributed by atoms with Crippen molar-refractivity contribution < 1.29 is 0 Å². The Morgan fingerprint density at radius 3 is 2.40 bits per heavy atom. The highest BCUT2D eigenvalue weighted by Crippen LogP contribution is 1.98. The molecule has 0 aromatic heterocycles. The molecule has 0 aromatic carbocycles. The van der Waals surface area contributed by atoms with Crippen molar-refractivity contribution in [3.05, 3.63) is 0 Å². The summed E-state index contributed by atoms with van der Waals surface area (Å²) < 4.78 is 0. The predicted molar refractivity (Wildman–Crippen MR) is 42.5 cm³/mol. The molecule has 2 heteroatoms. The predicted octanol–water partition coefficient (Wildman–Crippen LogP) is 1.53. The third-order valence-electron chi connectivity index (χ3n) is 1.42. The quantitative estimate of drug-likeness (QED) is 0.643. The van der Waals surface area contributed by atoms with Crippen molar-refractivity contribution in [1.29, 1.82) is 5.26 Å². The monoisotopic (exact) mass is 140 g/mol. The van der Waals surface area contributed by atoms with Crippen LogP contribution in [0.25, 0.3) is 0 Å². The molecule has 0 bridgehead atoms. The fourth-order valence-electron chi connectivity index (χ4n) is 0.730. The van der Waals surface area contributed by atoms with Gasteiger partial charge in [-0.2, -0.15) is 5.26 Å². The standard InChI is InChI=1S/C8H16N2/c1-4-5-10-8(6-9)7(2)3/h7-8,10H,4-5H2,1-3H3. The molecule has 10 heavy (non-hydrogen) atoms. The second-order valence-electron chi connectivity index (χ2n) is 2.80. The first-order valence-corrected chi connectivity index (χ1v) is 3.85. The largest absolute Gasteiger partial charge is 0.302 e. The number of nitriles is 1. The topological polar surface area (TPSA) is 35.8 Å². The summed E-state index contributed by atoms with van der Waals surface area (Å²) in [4.78, 5) is 0. The van der Waals surface area contributed by atoms with Crippen LogP contribution >= 0.6 is 0 Å². The van der Waals surface area contributed by atoms with Crippen molar-refractivity contribution in [3.63, 3.8) is 0 Å². The van der Waals surface area contributed by atoms with Crippen LogP contribution in [0.5, 0.6) is 0 Å². The Hall–Kier alpha value is -0.550. The van der Waals surface area contributed by atoms with Gasteiger partial charge in [0, 0.05) is 0 Å². The van der Waals surface area contributed by atoms with E-state index in [-0.39, 0.29) is 6.04 Å². The van der Waals surface area contributed by atoms with Crippen molar-refractivity contribution in [2.75, 3.05) is 6.54 Å². The lowest BCUT2D eigenvalue weighted by molar-refractivity contribution is 0.473. The van der Waals surface area contributed by atoms with Crippen LogP contribution in [-0.4, -0.2) is 12.6 Å². The van der Waals surface area contributed by atoms with Gasteiger partial charge in [0.05, 0.1) is 12.1 Å². The first-order valence-electron chi connectivity index (χ1n) is 3.85. The van der Waals surface area contributed by atoms with Crippen LogP contribution in [0.4, 0.5) is 0 Å². The third kappa shape index (κ3) is 3.47. The van der Waals surface area contributed by atoms with Gasteiger partial charge >= 0.3 is 0 Å². The van der Waals surface area contributed by atoms with Crippen LogP contribution in [0.3, 0.4) is 0 Å². The van der Waals surface area contributed by atoms with Crippen LogP contribution in [-0.2, 0) is 0 Å². The molecule has 0 fully saturated rings. The van der Waals surface area contributed by atoms with Crippen LogP contribution < -0.4 is 5.32 Å². The second kappa shape index (κ2) is 5.25. The number of rotatable bonds is 4. The number of nitrogens with one attached hydrogen (secondary N) is 1. The molecule has 0 saturated heterocycles. The second-order valence-corrected chi connectivity index (χ2v) is 2.80. The van der Waals surface area contributed by atoms with E-state index in [0.29, 0.717) is 5.92 Å². The average Bonchev–Trinajstić information content (AvgIpc) is 1.89. The Bertz CT molecular complexity index is 113. The summed E-state index contributed by atoms with van der Waals surface area (Å²) in [5.41, 5.74) is 0. The van der Waals surface area contributed by atoms with E-state index in [0.717, 1.165) is 13.0 Å². The highest BCUT2D eigenvalue weighted by molar-refractivity contribution is 4.91. The van der Waals surface area contributed by atoms with Crippen LogP contribution in [0, 0.1) is 17.2 Å². The van der Waals surface area contributed by atoms with Crippen molar-refractivity contribution in [3.8, 4) is 6.07 Å². The molecule has 1 N–H and O–H groups in total. The van der Waals surface area contributed by atoms with E-state index in [9.17, 15) is 0 Å². The van der Waals surface area contributed by atoms with Crippen molar-refractivity contribution in [2.24, 2.45) is 5.92 Å². The van der Waals surface area contributed by atoms with Crippen LogP contribution in [0.15, 0.2) is 0 Å². The van der Waals surface area contributed by atoms with Gasteiger partial charge < -0.3 is 5.32 Å². The number of nitrogens with zero attached hydrogens (tertiary/aromatic N) is 1. The minimum absolute atomic E-state index is 0.0277. The maximum atomic E-state index is 8.61. The molecule has 0 aliphatic carbocycles. The molecule has 2 nitrogen and oxygen atoms in total. The first kappa shape index (κ1) is 9.45. The van der Waals surface area contributed by atoms with E-state index in [4.69, 9.17) is 5.26 Å². The Morgan fingerprint density at radius 2 is 2.10 bits per heavy atom. The molecule has 58 valence electrons. The zero-order chi connectivity index (χ0) is 7.98. The van der Waals surface area contributed by atoms with Gasteiger partial charge in [-0.05, 0) is 18.9 Å². The Balaban J connectivity index is 3.53. The fourth-order valence-corrected chi connectivity index (χ4v) is 0.730. The van der Waals surface area contributed by atoms with Gasteiger partial charge in [-0.15, -0.1) is 0 Å². The van der Waals surface area contributed by atoms with Crippen molar-refractivity contribution in [2.45, 2.75) is 33.2 Å². The van der Waals surface area contributed by atoms with E-state index in [1.54, 1.807) is 0 Å². The number of hydrogen-bond donors (Lipinski definition) is 1. The lowest BCUT2D eigenvalue weighted by atomic mass is 10.1. The number of hydrogen-bond acceptors (Lipinski definition) is 2. The lowest BCUT2D eigenvalue weighted by Crippen LogP contribution is -2.32. The van der Waals surface area contributed by atoms with Gasteiger partial charge in [0.1, 0.15) is 0 Å². The lowest BCUT2D eigenvalue weighted by Gasteiger charge is -2.13. The molecule has 0 rings (SSSR count). The zero-order valence-corrected chi connectivity index (χ0v) is 7.02. The zero-order valence-electron chi connectivity index (χ0n) is 7.02. The van der Waals surface area contributed by atoms with Gasteiger partial charge in [-0.3, -0.25) is 0 Å². The summed E-state index contributed by atoms with van der Waals surface area (Å²) in [7, 11) is 0. The minimum atomic E-state index is 0.0277. The molecule has 1 atom stereocenters.